The lowest BCUT2D eigenvalue weighted by molar-refractivity contribution is 0.588. The highest BCUT2D eigenvalue weighted by Gasteiger charge is 2.33. The van der Waals surface area contributed by atoms with Crippen LogP contribution in [0.25, 0.3) is 0 Å². The smallest absolute Gasteiger partial charge is 0.246 e. The second kappa shape index (κ2) is 10.3. The quantitative estimate of drug-likeness (QED) is 0.275. The standard InChI is InChI=1S/C28H29NOP2/c1-2-3-24-31(25-16-8-4-9-17-25,26-18-10-5-11-19-26)29-32(30,27-20-12-6-13-21-27)28-22-14-7-15-23-28/h4-23H,2-3,24H2,1H3. The molecule has 0 spiro atoms. The molecule has 0 aliphatic heterocycles. The minimum atomic E-state index is -3.24. The van der Waals surface area contributed by atoms with Crippen molar-refractivity contribution in [3.05, 3.63) is 121 Å². The number of hydrogen-bond acceptors (Lipinski definition) is 1. The average Bonchev–Trinajstić information content (AvgIpc) is 2.88. The van der Waals surface area contributed by atoms with Crippen molar-refractivity contribution in [2.45, 2.75) is 19.8 Å². The molecule has 0 amide bonds. The van der Waals surface area contributed by atoms with E-state index >= 15 is 4.57 Å². The molecule has 2 nitrogen and oxygen atoms in total. The number of unbranched alkanes of at least 4 members (excludes halogenated alkanes) is 1. The highest BCUT2D eigenvalue weighted by Crippen LogP contribution is 2.60. The van der Waals surface area contributed by atoms with Crippen LogP contribution in [-0.2, 0) is 4.57 Å². The van der Waals surface area contributed by atoms with Crippen LogP contribution in [0.1, 0.15) is 19.8 Å². The first-order chi connectivity index (χ1) is 15.7. The molecule has 4 heteroatoms. The Morgan fingerprint density at radius 1 is 0.562 bits per heavy atom. The molecule has 0 saturated carbocycles. The van der Waals surface area contributed by atoms with Gasteiger partial charge in [-0.2, -0.15) is 0 Å². The van der Waals surface area contributed by atoms with E-state index in [2.05, 4.69) is 55.5 Å². The summed E-state index contributed by atoms with van der Waals surface area (Å²) in [7, 11) is -5.55. The van der Waals surface area contributed by atoms with Crippen molar-refractivity contribution in [3.63, 3.8) is 0 Å². The first-order valence-corrected chi connectivity index (χ1v) is 14.7. The van der Waals surface area contributed by atoms with Crippen LogP contribution in [0.2, 0.25) is 0 Å². The van der Waals surface area contributed by atoms with Gasteiger partial charge in [0.15, 0.2) is 0 Å². The number of hydrogen-bond donors (Lipinski definition) is 0. The van der Waals surface area contributed by atoms with E-state index in [0.717, 1.165) is 29.6 Å². The number of rotatable bonds is 8. The first-order valence-electron chi connectivity index (χ1n) is 11.1. The van der Waals surface area contributed by atoms with E-state index < -0.39 is 14.3 Å². The van der Waals surface area contributed by atoms with Gasteiger partial charge in [-0.3, -0.25) is 4.57 Å². The van der Waals surface area contributed by atoms with Crippen molar-refractivity contribution >= 4 is 35.6 Å². The predicted molar refractivity (Wildman–Crippen MR) is 141 cm³/mol. The maximum Gasteiger partial charge on any atom is 0.246 e. The summed E-state index contributed by atoms with van der Waals surface area (Å²) >= 11 is 0. The van der Waals surface area contributed by atoms with Gasteiger partial charge in [0.1, 0.15) is 0 Å². The van der Waals surface area contributed by atoms with Gasteiger partial charge in [-0.15, -0.1) is 0 Å². The molecule has 0 N–H and O–H groups in total. The average molecular weight is 457 g/mol. The molecule has 0 radical (unpaired) electrons. The van der Waals surface area contributed by atoms with Gasteiger partial charge in [0, 0.05) is 17.7 Å². The highest BCUT2D eigenvalue weighted by atomic mass is 31.2. The maximum atomic E-state index is 15.0. The van der Waals surface area contributed by atoms with Crippen LogP contribution < -0.4 is 21.2 Å². The summed E-state index contributed by atoms with van der Waals surface area (Å²) < 4.78 is 20.5. The molecule has 162 valence electrons. The second-order valence-electron chi connectivity index (χ2n) is 7.85. The lowest BCUT2D eigenvalue weighted by atomic mass is 10.4. The van der Waals surface area contributed by atoms with Crippen molar-refractivity contribution in [2.75, 3.05) is 6.16 Å². The Balaban J connectivity index is 2.11. The van der Waals surface area contributed by atoms with Crippen LogP contribution in [-0.4, -0.2) is 6.16 Å². The first kappa shape index (κ1) is 22.5. The Hall–Kier alpha value is -2.66. The fraction of sp³-hybridized carbons (Fsp3) is 0.143. The van der Waals surface area contributed by atoms with Crippen LogP contribution in [0.5, 0.6) is 0 Å². The third-order valence-corrected chi connectivity index (χ3v) is 13.2. The summed E-state index contributed by atoms with van der Waals surface area (Å²) in [5, 5.41) is 3.95. The Labute approximate surface area is 191 Å². The molecule has 0 aromatic heterocycles. The molecular weight excluding hydrogens is 428 g/mol. The van der Waals surface area contributed by atoms with Gasteiger partial charge in [0.2, 0.25) is 7.29 Å². The van der Waals surface area contributed by atoms with Crippen LogP contribution in [0.4, 0.5) is 0 Å². The molecule has 0 heterocycles. The SMILES string of the molecule is CCCCP(=NP(=O)(c1ccccc1)c1ccccc1)(c1ccccc1)c1ccccc1. The molecule has 0 saturated heterocycles. The van der Waals surface area contributed by atoms with Crippen molar-refractivity contribution in [1.29, 1.82) is 0 Å². The van der Waals surface area contributed by atoms with Crippen LogP contribution in [0.15, 0.2) is 126 Å². The molecule has 4 aromatic rings. The fourth-order valence-electron chi connectivity index (χ4n) is 4.02. The number of benzene rings is 4. The molecule has 32 heavy (non-hydrogen) atoms. The van der Waals surface area contributed by atoms with E-state index in [1.54, 1.807) is 0 Å². The van der Waals surface area contributed by atoms with E-state index in [1.807, 2.05) is 72.8 Å². The Bertz CT molecular complexity index is 1140. The zero-order valence-electron chi connectivity index (χ0n) is 18.4. The van der Waals surface area contributed by atoms with E-state index in [1.165, 1.54) is 10.6 Å². The Kier molecular flexibility index (Phi) is 7.26. The molecule has 0 bridgehead atoms. The van der Waals surface area contributed by atoms with Crippen molar-refractivity contribution < 1.29 is 4.57 Å². The van der Waals surface area contributed by atoms with E-state index in [0.29, 0.717) is 0 Å². The molecule has 0 unspecified atom stereocenters. The summed E-state index contributed by atoms with van der Waals surface area (Å²) in [6, 6.07) is 40.6. The molecular formula is C28H29NOP2. The van der Waals surface area contributed by atoms with Crippen LogP contribution >= 0.6 is 14.3 Å². The van der Waals surface area contributed by atoms with Crippen molar-refractivity contribution in [3.8, 4) is 0 Å². The summed E-state index contributed by atoms with van der Waals surface area (Å²) in [5.41, 5.74) is 0. The van der Waals surface area contributed by atoms with Crippen LogP contribution in [0.3, 0.4) is 0 Å². The number of nitrogens with zero attached hydrogens (tertiary/aromatic N) is 1. The van der Waals surface area contributed by atoms with Crippen LogP contribution in [0, 0.1) is 0 Å². The lowest BCUT2D eigenvalue weighted by Crippen LogP contribution is -2.21. The monoisotopic (exact) mass is 457 g/mol. The third kappa shape index (κ3) is 4.58. The van der Waals surface area contributed by atoms with E-state index in [-0.39, 0.29) is 0 Å². The lowest BCUT2D eigenvalue weighted by Gasteiger charge is -2.29. The normalized spacial score (nSPS) is 11.8. The van der Waals surface area contributed by atoms with Gasteiger partial charge >= 0.3 is 0 Å². The summed E-state index contributed by atoms with van der Waals surface area (Å²) in [6.45, 7) is 2.21. The zero-order valence-corrected chi connectivity index (χ0v) is 20.2. The summed E-state index contributed by atoms with van der Waals surface area (Å²) in [4.78, 5) is 0. The highest BCUT2D eigenvalue weighted by molar-refractivity contribution is 7.89. The zero-order chi connectivity index (χ0) is 22.3. The topological polar surface area (TPSA) is 29.4 Å². The second-order valence-corrected chi connectivity index (χ2v) is 13.8. The summed E-state index contributed by atoms with van der Waals surface area (Å²) in [5.74, 6) is 0. The van der Waals surface area contributed by atoms with Gasteiger partial charge in [-0.05, 0) is 47.5 Å². The molecule has 4 aromatic carbocycles. The van der Waals surface area contributed by atoms with E-state index in [4.69, 9.17) is 4.52 Å². The minimum absolute atomic E-state index is 0.791. The predicted octanol–water partition coefficient (Wildman–Crippen LogP) is 6.57. The third-order valence-electron chi connectivity index (χ3n) is 5.69. The molecule has 0 aliphatic carbocycles. The Morgan fingerprint density at radius 3 is 1.25 bits per heavy atom. The summed E-state index contributed by atoms with van der Waals surface area (Å²) in [6.07, 6.45) is 3.00. The van der Waals surface area contributed by atoms with Crippen molar-refractivity contribution in [2.24, 2.45) is 4.52 Å². The van der Waals surface area contributed by atoms with Gasteiger partial charge in [0.25, 0.3) is 0 Å². The largest absolute Gasteiger partial charge is 0.288 e. The van der Waals surface area contributed by atoms with Gasteiger partial charge < -0.3 is 0 Å². The van der Waals surface area contributed by atoms with Gasteiger partial charge in [-0.1, -0.05) is 110 Å². The molecule has 0 atom stereocenters. The molecule has 0 fully saturated rings. The molecule has 4 rings (SSSR count). The van der Waals surface area contributed by atoms with Crippen molar-refractivity contribution in [1.82, 2.24) is 0 Å². The maximum absolute atomic E-state index is 15.0. The fourth-order valence-corrected chi connectivity index (χ4v) is 12.1. The minimum Gasteiger partial charge on any atom is -0.288 e. The van der Waals surface area contributed by atoms with E-state index in [9.17, 15) is 0 Å². The van der Waals surface area contributed by atoms with Gasteiger partial charge in [-0.25, -0.2) is 4.52 Å². The van der Waals surface area contributed by atoms with Gasteiger partial charge in [0.05, 0.1) is 0 Å². The molecule has 0 aliphatic rings. The Morgan fingerprint density at radius 2 is 0.906 bits per heavy atom.